The number of allylic oxidation sites excluding steroid dienone is 5. The minimum absolute atomic E-state index is 0.0129. The van der Waals surface area contributed by atoms with Crippen molar-refractivity contribution in [1.82, 2.24) is 4.57 Å². The Balaban J connectivity index is 1.47. The van der Waals surface area contributed by atoms with Crippen LogP contribution in [0, 0.1) is 28.6 Å². The van der Waals surface area contributed by atoms with E-state index >= 15 is 0 Å². The second-order valence-corrected chi connectivity index (χ2v) is 8.40. The molecule has 1 aromatic rings. The van der Waals surface area contributed by atoms with E-state index in [1.165, 1.54) is 11.1 Å². The molecule has 1 aromatic heterocycles. The zero-order chi connectivity index (χ0) is 20.4. The van der Waals surface area contributed by atoms with Crippen LogP contribution in [0.4, 0.5) is 5.69 Å². The predicted molar refractivity (Wildman–Crippen MR) is 117 cm³/mol. The minimum Gasteiger partial charge on any atom is -0.381 e. The van der Waals surface area contributed by atoms with Crippen molar-refractivity contribution in [3.8, 4) is 0 Å². The summed E-state index contributed by atoms with van der Waals surface area (Å²) < 4.78 is 7.10. The van der Waals surface area contributed by atoms with Crippen LogP contribution in [0.5, 0.6) is 0 Å². The van der Waals surface area contributed by atoms with Crippen LogP contribution in [0.1, 0.15) is 38.5 Å². The first-order chi connectivity index (χ1) is 14.0. The number of ether oxygens (including phenoxy) is 1. The highest BCUT2D eigenvalue weighted by atomic mass is 16.5. The molecule has 2 N–H and O–H groups in total. The quantitative estimate of drug-likeness (QED) is 0.424. The molecule has 1 heterocycles. The Labute approximate surface area is 172 Å². The van der Waals surface area contributed by atoms with Gasteiger partial charge in [0.05, 0.1) is 11.8 Å². The average Bonchev–Trinajstić information content (AvgIpc) is 3.50. The van der Waals surface area contributed by atoms with Crippen molar-refractivity contribution in [2.75, 3.05) is 7.11 Å². The molecule has 5 heteroatoms. The molecule has 2 saturated carbocycles. The maximum atomic E-state index is 8.71. The number of hydrogen-bond donors (Lipinski definition) is 2. The zero-order valence-corrected chi connectivity index (χ0v) is 17.1. The Kier molecular flexibility index (Phi) is 5.76. The van der Waals surface area contributed by atoms with Crippen LogP contribution in [0.2, 0.25) is 0 Å². The fraction of sp³-hybridized carbons (Fsp3) is 0.458. The van der Waals surface area contributed by atoms with E-state index in [0.717, 1.165) is 44.2 Å². The number of aliphatic imine (C=N–C) groups is 1. The number of aromatic nitrogens is 1. The molecular formula is C24H30N4O. The Morgan fingerprint density at radius 2 is 2.03 bits per heavy atom. The van der Waals surface area contributed by atoms with Gasteiger partial charge in [0.2, 0.25) is 0 Å². The van der Waals surface area contributed by atoms with E-state index in [1.54, 1.807) is 17.7 Å². The number of nitrogens with zero attached hydrogens (tertiary/aromatic N) is 2. The largest absolute Gasteiger partial charge is 0.381 e. The lowest BCUT2D eigenvalue weighted by molar-refractivity contribution is 0.0651. The van der Waals surface area contributed by atoms with Crippen LogP contribution in [-0.2, 0) is 4.74 Å². The van der Waals surface area contributed by atoms with Crippen LogP contribution in [0.25, 0.3) is 0 Å². The van der Waals surface area contributed by atoms with Crippen molar-refractivity contribution in [3.05, 3.63) is 59.8 Å². The van der Waals surface area contributed by atoms with E-state index in [2.05, 4.69) is 29.8 Å². The first kappa shape index (κ1) is 19.8. The number of hydrogen-bond acceptors (Lipinski definition) is 4. The molecule has 0 aliphatic heterocycles. The molecule has 5 nitrogen and oxygen atoms in total. The van der Waals surface area contributed by atoms with E-state index in [-0.39, 0.29) is 5.92 Å². The van der Waals surface area contributed by atoms with Crippen LogP contribution >= 0.6 is 0 Å². The Morgan fingerprint density at radius 3 is 2.72 bits per heavy atom. The van der Waals surface area contributed by atoms with Gasteiger partial charge in [-0.15, -0.1) is 0 Å². The van der Waals surface area contributed by atoms with Gasteiger partial charge in [-0.25, -0.2) is 0 Å². The summed E-state index contributed by atoms with van der Waals surface area (Å²) in [5.41, 5.74) is 3.65. The van der Waals surface area contributed by atoms with Crippen molar-refractivity contribution in [2.45, 2.75) is 44.6 Å². The Morgan fingerprint density at radius 1 is 1.28 bits per heavy atom. The van der Waals surface area contributed by atoms with Crippen molar-refractivity contribution in [3.63, 3.8) is 0 Å². The van der Waals surface area contributed by atoms with Gasteiger partial charge in [0.25, 0.3) is 0 Å². The van der Waals surface area contributed by atoms with Gasteiger partial charge in [-0.1, -0.05) is 30.4 Å². The molecular weight excluding hydrogens is 360 g/mol. The van der Waals surface area contributed by atoms with Gasteiger partial charge >= 0.3 is 0 Å². The van der Waals surface area contributed by atoms with Gasteiger partial charge in [0.15, 0.2) is 0 Å². The standard InChI is InChI=1S/C24H30N4O/c1-16-12-22(16)18-4-3-5-19(13-18)24(26)28-15-20(8-11-23(28)25)27-14-17-6-9-21(29-2)10-7-17/h3-4,8,11,13-15,17,19,21-22,25-26H,1,5-7,9-10,12H2,2H3. The first-order valence-electron chi connectivity index (χ1n) is 10.5. The number of nitrogens with one attached hydrogen (secondary N) is 2. The van der Waals surface area contributed by atoms with Gasteiger partial charge in [0.1, 0.15) is 11.3 Å². The van der Waals surface area contributed by atoms with Gasteiger partial charge in [-0.3, -0.25) is 20.4 Å². The summed E-state index contributed by atoms with van der Waals surface area (Å²) in [6.45, 7) is 4.06. The summed E-state index contributed by atoms with van der Waals surface area (Å²) in [7, 11) is 1.79. The molecule has 2 atom stereocenters. The SMILES string of the molecule is C=C1CC1C1=CC(C(=N)n2cc(N=CC3CCC(OC)CC3)ccc2=N)CC=C1. The number of methoxy groups -OCH3 is 1. The van der Waals surface area contributed by atoms with E-state index in [0.29, 0.717) is 29.3 Å². The van der Waals surface area contributed by atoms with E-state index in [9.17, 15) is 0 Å². The van der Waals surface area contributed by atoms with Gasteiger partial charge in [-0.2, -0.15) is 0 Å². The van der Waals surface area contributed by atoms with Crippen molar-refractivity contribution < 1.29 is 4.74 Å². The molecule has 2 unspecified atom stereocenters. The van der Waals surface area contributed by atoms with Gasteiger partial charge in [-0.05, 0) is 62.1 Å². The molecule has 152 valence electrons. The van der Waals surface area contributed by atoms with Crippen molar-refractivity contribution in [2.24, 2.45) is 22.7 Å². The molecule has 3 aliphatic carbocycles. The smallest absolute Gasteiger partial charge is 0.130 e. The normalized spacial score (nSPS) is 29.1. The van der Waals surface area contributed by atoms with E-state index in [1.807, 2.05) is 18.5 Å². The van der Waals surface area contributed by atoms with E-state index in [4.69, 9.17) is 15.6 Å². The fourth-order valence-electron chi connectivity index (χ4n) is 4.29. The maximum absolute atomic E-state index is 8.71. The number of rotatable bonds is 5. The first-order valence-corrected chi connectivity index (χ1v) is 10.5. The zero-order valence-electron chi connectivity index (χ0n) is 17.1. The molecule has 29 heavy (non-hydrogen) atoms. The van der Waals surface area contributed by atoms with Crippen LogP contribution in [0.3, 0.4) is 0 Å². The lowest BCUT2D eigenvalue weighted by Crippen LogP contribution is -2.30. The third-order valence-corrected chi connectivity index (χ3v) is 6.33. The fourth-order valence-corrected chi connectivity index (χ4v) is 4.29. The molecule has 2 fully saturated rings. The van der Waals surface area contributed by atoms with Crippen LogP contribution < -0.4 is 5.49 Å². The lowest BCUT2D eigenvalue weighted by atomic mass is 9.88. The van der Waals surface area contributed by atoms with E-state index < -0.39 is 0 Å². The second kappa shape index (κ2) is 8.46. The monoisotopic (exact) mass is 390 g/mol. The molecule has 0 saturated heterocycles. The maximum Gasteiger partial charge on any atom is 0.130 e. The average molecular weight is 391 g/mol. The van der Waals surface area contributed by atoms with Crippen LogP contribution in [0.15, 0.2) is 59.3 Å². The second-order valence-electron chi connectivity index (χ2n) is 8.40. The van der Waals surface area contributed by atoms with Crippen molar-refractivity contribution >= 4 is 17.7 Å². The topological polar surface area (TPSA) is 74.2 Å². The summed E-state index contributed by atoms with van der Waals surface area (Å²) in [5, 5.41) is 17.0. The highest BCUT2D eigenvalue weighted by molar-refractivity contribution is 5.86. The highest BCUT2D eigenvalue weighted by Crippen LogP contribution is 2.44. The summed E-state index contributed by atoms with van der Waals surface area (Å²) >= 11 is 0. The number of pyridine rings is 1. The molecule has 0 radical (unpaired) electrons. The molecule has 0 spiro atoms. The Bertz CT molecular complexity index is 944. The Hall–Kier alpha value is -2.53. The lowest BCUT2D eigenvalue weighted by Gasteiger charge is -2.25. The van der Waals surface area contributed by atoms with Gasteiger partial charge in [0, 0.05) is 31.4 Å². The molecule has 4 rings (SSSR count). The highest BCUT2D eigenvalue weighted by Gasteiger charge is 2.31. The molecule has 0 amide bonds. The summed E-state index contributed by atoms with van der Waals surface area (Å²) in [5.74, 6) is 1.36. The third-order valence-electron chi connectivity index (χ3n) is 6.33. The molecule has 0 aromatic carbocycles. The molecule has 0 bridgehead atoms. The van der Waals surface area contributed by atoms with Crippen LogP contribution in [-0.4, -0.2) is 29.8 Å². The van der Waals surface area contributed by atoms with Gasteiger partial charge < -0.3 is 4.74 Å². The summed E-state index contributed by atoms with van der Waals surface area (Å²) in [6.07, 6.45) is 17.0. The van der Waals surface area contributed by atoms with Crippen molar-refractivity contribution in [1.29, 1.82) is 10.8 Å². The predicted octanol–water partition coefficient (Wildman–Crippen LogP) is 4.78. The minimum atomic E-state index is -0.0129. The third kappa shape index (κ3) is 4.56. The summed E-state index contributed by atoms with van der Waals surface area (Å²) in [4.78, 5) is 4.67. The summed E-state index contributed by atoms with van der Waals surface area (Å²) in [6, 6.07) is 3.59. The molecule has 3 aliphatic rings.